The number of amides is 1. The van der Waals surface area contributed by atoms with Crippen molar-refractivity contribution in [3.63, 3.8) is 0 Å². The Bertz CT molecular complexity index is 982. The summed E-state index contributed by atoms with van der Waals surface area (Å²) in [5.41, 5.74) is 0.901. The molecular weight excluding hydrogens is 432 g/mol. The van der Waals surface area contributed by atoms with Gasteiger partial charge in [0.2, 0.25) is 0 Å². The summed E-state index contributed by atoms with van der Waals surface area (Å²) in [6.07, 6.45) is 1.65. The van der Waals surface area contributed by atoms with Gasteiger partial charge in [0, 0.05) is 17.2 Å². The van der Waals surface area contributed by atoms with Gasteiger partial charge in [0.15, 0.2) is 6.73 Å². The molecule has 0 aliphatic carbocycles. The predicted octanol–water partition coefficient (Wildman–Crippen LogP) is 2.53. The fourth-order valence-electron chi connectivity index (χ4n) is 2.40. The molecule has 0 radical (unpaired) electrons. The summed E-state index contributed by atoms with van der Waals surface area (Å²) in [5, 5.41) is 21.5. The molecule has 10 nitrogen and oxygen atoms in total. The third-order valence-corrected chi connectivity index (χ3v) is 4.34. The fourth-order valence-corrected chi connectivity index (χ4v) is 2.66. The molecule has 3 aromatic rings. The molecule has 0 aliphatic rings. The van der Waals surface area contributed by atoms with E-state index < -0.39 is 4.92 Å². The molecule has 146 valence electrons. The van der Waals surface area contributed by atoms with Gasteiger partial charge in [0.1, 0.15) is 11.4 Å². The van der Waals surface area contributed by atoms with Crippen molar-refractivity contribution in [3.05, 3.63) is 68.6 Å². The summed E-state index contributed by atoms with van der Waals surface area (Å²) >= 11 is 3.35. The van der Waals surface area contributed by atoms with Crippen LogP contribution in [0.1, 0.15) is 16.2 Å². The molecule has 11 heteroatoms. The number of hydrogen-bond donors (Lipinski definition) is 1. The van der Waals surface area contributed by atoms with Gasteiger partial charge in [-0.2, -0.15) is 9.78 Å². The van der Waals surface area contributed by atoms with Crippen LogP contribution in [-0.2, 0) is 13.3 Å². The molecule has 3 rings (SSSR count). The lowest BCUT2D eigenvalue weighted by atomic mass is 10.3. The summed E-state index contributed by atoms with van der Waals surface area (Å²) in [6, 6.07) is 10.4. The van der Waals surface area contributed by atoms with E-state index in [9.17, 15) is 14.9 Å². The molecule has 1 N–H and O–H groups in total. The van der Waals surface area contributed by atoms with Crippen LogP contribution in [-0.4, -0.2) is 36.9 Å². The molecule has 1 amide bonds. The van der Waals surface area contributed by atoms with Crippen molar-refractivity contribution < 1.29 is 14.5 Å². The Balaban J connectivity index is 1.48. The van der Waals surface area contributed by atoms with Gasteiger partial charge in [0.05, 0.1) is 23.4 Å². The van der Waals surface area contributed by atoms with E-state index in [-0.39, 0.29) is 30.7 Å². The monoisotopic (exact) mass is 448 g/mol. The number of carbonyl (C=O) groups excluding carboxylic acids is 1. The number of nitrogens with one attached hydrogen (secondary N) is 1. The first-order valence-corrected chi connectivity index (χ1v) is 9.10. The number of benzene rings is 1. The van der Waals surface area contributed by atoms with Crippen LogP contribution in [0.5, 0.6) is 5.75 Å². The molecule has 0 fully saturated rings. The second kappa shape index (κ2) is 8.65. The topological polar surface area (TPSA) is 117 Å². The molecule has 28 heavy (non-hydrogen) atoms. The summed E-state index contributed by atoms with van der Waals surface area (Å²) in [4.78, 5) is 22.4. The van der Waals surface area contributed by atoms with Gasteiger partial charge in [-0.1, -0.05) is 15.9 Å². The van der Waals surface area contributed by atoms with Crippen molar-refractivity contribution >= 4 is 27.7 Å². The predicted molar refractivity (Wildman–Crippen MR) is 103 cm³/mol. The lowest BCUT2D eigenvalue weighted by molar-refractivity contribution is -0.389. The fraction of sp³-hybridized carbons (Fsp3) is 0.235. The van der Waals surface area contributed by atoms with Gasteiger partial charge in [-0.3, -0.25) is 4.79 Å². The van der Waals surface area contributed by atoms with Crippen LogP contribution in [0.2, 0.25) is 0 Å². The van der Waals surface area contributed by atoms with Crippen LogP contribution in [0, 0.1) is 17.0 Å². The van der Waals surface area contributed by atoms with Gasteiger partial charge in [-0.15, -0.1) is 0 Å². The Morgan fingerprint density at radius 2 is 2.04 bits per heavy atom. The standard InChI is InChI=1S/C17H17BrN6O4/c1-12-10-16(24(26)27)21-23(12)9-7-19-17(25)15-6-8-22(20-15)11-28-14-4-2-13(18)3-5-14/h2-6,8,10H,7,9,11H2,1H3,(H,19,25). The minimum Gasteiger partial charge on any atom is -0.471 e. The number of hydrogen-bond acceptors (Lipinski definition) is 6. The lowest BCUT2D eigenvalue weighted by Crippen LogP contribution is -2.28. The van der Waals surface area contributed by atoms with E-state index in [0.29, 0.717) is 18.0 Å². The van der Waals surface area contributed by atoms with Crippen LogP contribution in [0.4, 0.5) is 5.82 Å². The van der Waals surface area contributed by atoms with E-state index in [4.69, 9.17) is 4.74 Å². The summed E-state index contributed by atoms with van der Waals surface area (Å²) < 4.78 is 9.54. The number of ether oxygens (including phenoxy) is 1. The number of carbonyl (C=O) groups is 1. The van der Waals surface area contributed by atoms with Gasteiger partial charge in [-0.05, 0) is 42.2 Å². The molecule has 0 bridgehead atoms. The van der Waals surface area contributed by atoms with Crippen LogP contribution in [0.15, 0.2) is 47.1 Å². The molecule has 2 aromatic heterocycles. The Morgan fingerprint density at radius 1 is 1.29 bits per heavy atom. The van der Waals surface area contributed by atoms with Crippen molar-refractivity contribution in [3.8, 4) is 5.75 Å². The highest BCUT2D eigenvalue weighted by molar-refractivity contribution is 9.10. The van der Waals surface area contributed by atoms with Crippen LogP contribution < -0.4 is 10.1 Å². The molecule has 0 saturated carbocycles. The van der Waals surface area contributed by atoms with Gasteiger partial charge in [-0.25, -0.2) is 4.68 Å². The van der Waals surface area contributed by atoms with E-state index >= 15 is 0 Å². The molecule has 1 aromatic carbocycles. The first-order chi connectivity index (χ1) is 13.4. The summed E-state index contributed by atoms with van der Waals surface area (Å²) in [5.74, 6) is 0.128. The van der Waals surface area contributed by atoms with E-state index in [1.807, 2.05) is 24.3 Å². The van der Waals surface area contributed by atoms with Crippen LogP contribution >= 0.6 is 15.9 Å². The summed E-state index contributed by atoms with van der Waals surface area (Å²) in [6.45, 7) is 2.47. The molecule has 0 saturated heterocycles. The number of rotatable bonds is 8. The smallest absolute Gasteiger partial charge is 0.390 e. The maximum absolute atomic E-state index is 12.2. The maximum Gasteiger partial charge on any atom is 0.390 e. The minimum atomic E-state index is -0.551. The maximum atomic E-state index is 12.2. The Morgan fingerprint density at radius 3 is 2.71 bits per heavy atom. The van der Waals surface area contributed by atoms with E-state index in [0.717, 1.165) is 4.47 Å². The number of halogens is 1. The molecule has 0 spiro atoms. The van der Waals surface area contributed by atoms with Crippen molar-refractivity contribution in [1.82, 2.24) is 24.9 Å². The van der Waals surface area contributed by atoms with Crippen molar-refractivity contribution in [1.29, 1.82) is 0 Å². The highest BCUT2D eigenvalue weighted by atomic mass is 79.9. The highest BCUT2D eigenvalue weighted by Gasteiger charge is 2.15. The summed E-state index contributed by atoms with van der Waals surface area (Å²) in [7, 11) is 0. The average Bonchev–Trinajstić information content (AvgIpc) is 3.28. The molecule has 2 heterocycles. The Labute approximate surface area is 168 Å². The average molecular weight is 449 g/mol. The van der Waals surface area contributed by atoms with Crippen molar-refractivity contribution in [2.45, 2.75) is 20.2 Å². The van der Waals surface area contributed by atoms with Gasteiger partial charge in [0.25, 0.3) is 5.91 Å². The third kappa shape index (κ3) is 4.94. The lowest BCUT2D eigenvalue weighted by Gasteiger charge is -2.06. The molecule has 0 aliphatic heterocycles. The van der Waals surface area contributed by atoms with E-state index in [2.05, 4.69) is 31.4 Å². The second-order valence-corrected chi connectivity index (χ2v) is 6.76. The first kappa shape index (κ1) is 19.5. The largest absolute Gasteiger partial charge is 0.471 e. The highest BCUT2D eigenvalue weighted by Crippen LogP contribution is 2.16. The zero-order valence-corrected chi connectivity index (χ0v) is 16.5. The van der Waals surface area contributed by atoms with E-state index in [1.165, 1.54) is 15.4 Å². The van der Waals surface area contributed by atoms with Crippen LogP contribution in [0.3, 0.4) is 0 Å². The zero-order valence-electron chi connectivity index (χ0n) is 14.9. The number of nitrogens with zero attached hydrogens (tertiary/aromatic N) is 5. The van der Waals surface area contributed by atoms with Crippen molar-refractivity contribution in [2.75, 3.05) is 6.54 Å². The van der Waals surface area contributed by atoms with Crippen LogP contribution in [0.25, 0.3) is 0 Å². The Hall–Kier alpha value is -3.21. The van der Waals surface area contributed by atoms with E-state index in [1.54, 1.807) is 19.2 Å². The van der Waals surface area contributed by atoms with Gasteiger partial charge >= 0.3 is 5.82 Å². The first-order valence-electron chi connectivity index (χ1n) is 8.31. The zero-order chi connectivity index (χ0) is 20.1. The SMILES string of the molecule is Cc1cc([N+](=O)[O-])nn1CCNC(=O)c1ccn(COc2ccc(Br)cc2)n1. The quantitative estimate of drug-likeness (QED) is 0.417. The number of aromatic nitrogens is 4. The second-order valence-electron chi connectivity index (χ2n) is 5.85. The third-order valence-electron chi connectivity index (χ3n) is 3.81. The van der Waals surface area contributed by atoms with Gasteiger partial charge < -0.3 is 20.2 Å². The number of aryl methyl sites for hydroxylation is 1. The normalized spacial score (nSPS) is 10.6. The molecule has 0 atom stereocenters. The Kier molecular flexibility index (Phi) is 6.04. The number of nitro groups is 1. The molecular formula is C17H17BrN6O4. The molecule has 0 unspecified atom stereocenters. The van der Waals surface area contributed by atoms with Crippen molar-refractivity contribution in [2.24, 2.45) is 0 Å². The minimum absolute atomic E-state index is 0.172.